The molecular formula is C15H20N4. The minimum atomic E-state index is 0.671. The van der Waals surface area contributed by atoms with Crippen molar-refractivity contribution in [3.8, 4) is 0 Å². The van der Waals surface area contributed by atoms with E-state index in [1.54, 1.807) is 0 Å². The number of aromatic nitrogens is 2. The number of pyridine rings is 1. The van der Waals surface area contributed by atoms with E-state index in [-0.39, 0.29) is 0 Å². The second kappa shape index (κ2) is 4.32. The molecule has 4 nitrogen and oxygen atoms in total. The zero-order chi connectivity index (χ0) is 12.8. The Balaban J connectivity index is 1.55. The molecular weight excluding hydrogens is 236 g/mol. The first-order valence-electron chi connectivity index (χ1n) is 7.18. The van der Waals surface area contributed by atoms with Crippen molar-refractivity contribution >= 4 is 5.65 Å². The number of fused-ring (bicyclic) bond motifs is 2. The van der Waals surface area contributed by atoms with Crippen LogP contribution in [-0.2, 0) is 6.54 Å². The molecule has 2 aliphatic heterocycles. The molecule has 0 aliphatic carbocycles. The molecule has 0 amide bonds. The average molecular weight is 256 g/mol. The lowest BCUT2D eigenvalue weighted by Crippen LogP contribution is -2.32. The van der Waals surface area contributed by atoms with Crippen LogP contribution in [0.3, 0.4) is 0 Å². The van der Waals surface area contributed by atoms with Gasteiger partial charge in [0.05, 0.1) is 5.69 Å². The maximum atomic E-state index is 4.71. The zero-order valence-corrected chi connectivity index (χ0v) is 11.3. The topological polar surface area (TPSA) is 32.6 Å². The fraction of sp³-hybridized carbons (Fsp3) is 0.533. The lowest BCUT2D eigenvalue weighted by Gasteiger charge is -2.23. The molecule has 4 heterocycles. The summed E-state index contributed by atoms with van der Waals surface area (Å²) >= 11 is 0. The van der Waals surface area contributed by atoms with Crippen molar-refractivity contribution in [3.05, 3.63) is 36.3 Å². The standard InChI is InChI=1S/C15H20N4/c1-11-14-7-16-6-12(14)8-19(11)10-13-9-18-5-3-2-4-15(18)17-13/h2-5,9,11-12,14,16H,6-8,10H2,1H3. The van der Waals surface area contributed by atoms with Crippen LogP contribution in [0, 0.1) is 11.8 Å². The largest absolute Gasteiger partial charge is 0.316 e. The summed E-state index contributed by atoms with van der Waals surface area (Å²) in [4.78, 5) is 7.31. The molecule has 2 aromatic heterocycles. The van der Waals surface area contributed by atoms with Gasteiger partial charge in [0.25, 0.3) is 0 Å². The lowest BCUT2D eigenvalue weighted by molar-refractivity contribution is 0.229. The van der Waals surface area contributed by atoms with Crippen LogP contribution in [0.1, 0.15) is 12.6 Å². The highest BCUT2D eigenvalue weighted by Gasteiger charge is 2.41. The molecule has 19 heavy (non-hydrogen) atoms. The molecule has 2 saturated heterocycles. The van der Waals surface area contributed by atoms with Gasteiger partial charge in [-0.3, -0.25) is 4.90 Å². The molecule has 0 bridgehead atoms. The fourth-order valence-corrected chi connectivity index (χ4v) is 3.74. The van der Waals surface area contributed by atoms with Crippen molar-refractivity contribution in [1.82, 2.24) is 19.6 Å². The maximum Gasteiger partial charge on any atom is 0.137 e. The monoisotopic (exact) mass is 256 g/mol. The summed E-state index contributed by atoms with van der Waals surface area (Å²) in [7, 11) is 0. The average Bonchev–Trinajstić information content (AvgIpc) is 3.07. The van der Waals surface area contributed by atoms with Crippen LogP contribution >= 0.6 is 0 Å². The van der Waals surface area contributed by atoms with Gasteiger partial charge in [0.1, 0.15) is 5.65 Å². The SMILES string of the molecule is CC1C2CNCC2CN1Cc1cn2ccccc2n1. The number of hydrogen-bond acceptors (Lipinski definition) is 3. The molecule has 4 heteroatoms. The first-order valence-corrected chi connectivity index (χ1v) is 7.18. The summed E-state index contributed by atoms with van der Waals surface area (Å²) in [5.41, 5.74) is 2.23. The summed E-state index contributed by atoms with van der Waals surface area (Å²) in [6.07, 6.45) is 4.23. The van der Waals surface area contributed by atoms with Crippen molar-refractivity contribution in [2.24, 2.45) is 11.8 Å². The van der Waals surface area contributed by atoms with Gasteiger partial charge in [-0.1, -0.05) is 6.07 Å². The van der Waals surface area contributed by atoms with E-state index < -0.39 is 0 Å². The molecule has 2 fully saturated rings. The third-order valence-electron chi connectivity index (χ3n) is 4.84. The minimum Gasteiger partial charge on any atom is -0.316 e. The highest BCUT2D eigenvalue weighted by atomic mass is 15.2. The predicted octanol–water partition coefficient (Wildman–Crippen LogP) is 1.37. The molecule has 3 atom stereocenters. The van der Waals surface area contributed by atoms with Crippen LogP contribution < -0.4 is 5.32 Å². The Kier molecular flexibility index (Phi) is 2.60. The van der Waals surface area contributed by atoms with Crippen molar-refractivity contribution in [1.29, 1.82) is 0 Å². The van der Waals surface area contributed by atoms with Gasteiger partial charge in [-0.05, 0) is 44.0 Å². The Labute approximate surface area is 113 Å². The predicted molar refractivity (Wildman–Crippen MR) is 74.9 cm³/mol. The van der Waals surface area contributed by atoms with E-state index in [2.05, 4.69) is 40.0 Å². The number of likely N-dealkylation sites (tertiary alicyclic amines) is 1. The number of nitrogens with zero attached hydrogens (tertiary/aromatic N) is 3. The quantitative estimate of drug-likeness (QED) is 0.881. The fourth-order valence-electron chi connectivity index (χ4n) is 3.74. The lowest BCUT2D eigenvalue weighted by atomic mass is 9.95. The first-order chi connectivity index (χ1) is 9.31. The van der Waals surface area contributed by atoms with Crippen molar-refractivity contribution in [3.63, 3.8) is 0 Å². The second-order valence-electron chi connectivity index (χ2n) is 5.95. The van der Waals surface area contributed by atoms with E-state index >= 15 is 0 Å². The summed E-state index contributed by atoms with van der Waals surface area (Å²) in [5, 5.41) is 3.51. The molecule has 4 rings (SSSR count). The minimum absolute atomic E-state index is 0.671. The van der Waals surface area contributed by atoms with E-state index in [1.165, 1.54) is 25.3 Å². The van der Waals surface area contributed by atoms with Crippen molar-refractivity contribution < 1.29 is 0 Å². The first kappa shape index (κ1) is 11.4. The molecule has 0 radical (unpaired) electrons. The molecule has 0 aromatic carbocycles. The van der Waals surface area contributed by atoms with Gasteiger partial charge in [0, 0.05) is 31.5 Å². The molecule has 3 unspecified atom stereocenters. The number of rotatable bonds is 2. The van der Waals surface area contributed by atoms with Crippen LogP contribution in [0.2, 0.25) is 0 Å². The van der Waals surface area contributed by atoms with Crippen LogP contribution in [-0.4, -0.2) is 40.0 Å². The Morgan fingerprint density at radius 2 is 2.32 bits per heavy atom. The van der Waals surface area contributed by atoms with E-state index in [9.17, 15) is 0 Å². The Morgan fingerprint density at radius 3 is 3.16 bits per heavy atom. The Bertz CT molecular complexity index is 558. The van der Waals surface area contributed by atoms with Gasteiger partial charge < -0.3 is 9.72 Å². The van der Waals surface area contributed by atoms with Crippen molar-refractivity contribution in [2.75, 3.05) is 19.6 Å². The summed E-state index contributed by atoms with van der Waals surface area (Å²) in [5.74, 6) is 1.67. The van der Waals surface area contributed by atoms with Crippen molar-refractivity contribution in [2.45, 2.75) is 19.5 Å². The van der Waals surface area contributed by atoms with Crippen LogP contribution in [0.15, 0.2) is 30.6 Å². The van der Waals surface area contributed by atoms with Gasteiger partial charge in [0.2, 0.25) is 0 Å². The van der Waals surface area contributed by atoms with Gasteiger partial charge in [-0.25, -0.2) is 4.98 Å². The molecule has 0 saturated carbocycles. The Hall–Kier alpha value is -1.39. The molecule has 100 valence electrons. The van der Waals surface area contributed by atoms with Gasteiger partial charge >= 0.3 is 0 Å². The van der Waals surface area contributed by atoms with Crippen LogP contribution in [0.4, 0.5) is 0 Å². The molecule has 0 spiro atoms. The summed E-state index contributed by atoms with van der Waals surface area (Å²) in [6.45, 7) is 6.94. The number of imidazole rings is 1. The third kappa shape index (κ3) is 1.86. The zero-order valence-electron chi connectivity index (χ0n) is 11.3. The normalized spacial score (nSPS) is 31.1. The molecule has 2 aliphatic rings. The van der Waals surface area contributed by atoms with E-state index in [0.29, 0.717) is 6.04 Å². The number of nitrogens with one attached hydrogen (secondary N) is 1. The third-order valence-corrected chi connectivity index (χ3v) is 4.84. The van der Waals surface area contributed by atoms with E-state index in [1.807, 2.05) is 12.1 Å². The highest BCUT2D eigenvalue weighted by molar-refractivity contribution is 5.39. The van der Waals surface area contributed by atoms with Crippen LogP contribution in [0.5, 0.6) is 0 Å². The highest BCUT2D eigenvalue weighted by Crippen LogP contribution is 2.33. The second-order valence-corrected chi connectivity index (χ2v) is 5.95. The summed E-state index contributed by atoms with van der Waals surface area (Å²) in [6, 6.07) is 6.83. The Morgan fingerprint density at radius 1 is 1.37 bits per heavy atom. The number of hydrogen-bond donors (Lipinski definition) is 1. The summed E-state index contributed by atoms with van der Waals surface area (Å²) < 4.78 is 2.11. The van der Waals surface area contributed by atoms with E-state index in [0.717, 1.165) is 24.0 Å². The molecule has 1 N–H and O–H groups in total. The van der Waals surface area contributed by atoms with E-state index in [4.69, 9.17) is 4.98 Å². The smallest absolute Gasteiger partial charge is 0.137 e. The maximum absolute atomic E-state index is 4.71. The molecule has 2 aromatic rings. The van der Waals surface area contributed by atoms with Gasteiger partial charge in [-0.15, -0.1) is 0 Å². The van der Waals surface area contributed by atoms with Crippen LogP contribution in [0.25, 0.3) is 5.65 Å². The van der Waals surface area contributed by atoms with Gasteiger partial charge in [-0.2, -0.15) is 0 Å². The van der Waals surface area contributed by atoms with Gasteiger partial charge in [0.15, 0.2) is 0 Å².